The Morgan fingerprint density at radius 2 is 1.83 bits per heavy atom. The molecule has 186 valence electrons. The summed E-state index contributed by atoms with van der Waals surface area (Å²) in [5, 5.41) is 0.736. The van der Waals surface area contributed by atoms with Crippen molar-refractivity contribution in [2.24, 2.45) is 0 Å². The number of likely N-dealkylation sites (N-methyl/N-ethyl adjacent to an activating group) is 1. The van der Waals surface area contributed by atoms with Crippen LogP contribution in [0.15, 0.2) is 46.9 Å². The van der Waals surface area contributed by atoms with Crippen LogP contribution in [-0.4, -0.2) is 75.7 Å². The quantitative estimate of drug-likeness (QED) is 0.568. The van der Waals surface area contributed by atoms with Gasteiger partial charge in [-0.2, -0.15) is 0 Å². The summed E-state index contributed by atoms with van der Waals surface area (Å²) in [5.41, 5.74) is 2.92. The van der Waals surface area contributed by atoms with Crippen LogP contribution in [0.5, 0.6) is 5.75 Å². The van der Waals surface area contributed by atoms with Crippen LogP contribution in [0.2, 0.25) is 0 Å². The van der Waals surface area contributed by atoms with Crippen LogP contribution in [0.1, 0.15) is 28.1 Å². The van der Waals surface area contributed by atoms with Crippen LogP contribution in [0, 0.1) is 6.92 Å². The van der Waals surface area contributed by atoms with Crippen molar-refractivity contribution < 1.29 is 23.5 Å². The fourth-order valence-corrected chi connectivity index (χ4v) is 4.60. The zero-order valence-corrected chi connectivity index (χ0v) is 20.9. The van der Waals surface area contributed by atoms with Gasteiger partial charge in [0.1, 0.15) is 23.7 Å². The van der Waals surface area contributed by atoms with E-state index in [1.165, 1.54) is 7.11 Å². The molecule has 0 N–H and O–H groups in total. The van der Waals surface area contributed by atoms with E-state index in [9.17, 15) is 9.59 Å². The summed E-state index contributed by atoms with van der Waals surface area (Å²) in [6.07, 6.45) is 0.819. The number of carbonyl (C=O) groups is 2. The zero-order valence-electron chi connectivity index (χ0n) is 20.9. The Morgan fingerprint density at radius 1 is 1.03 bits per heavy atom. The Bertz CT molecular complexity index is 1200. The molecule has 2 heterocycles. The number of carbonyl (C=O) groups excluding carboxylic acids is 2. The number of hydrogen-bond acceptors (Lipinski definition) is 6. The third kappa shape index (κ3) is 5.33. The SMILES string of the molecule is COCC(=O)N1CCCN(C)CCN(C(=O)c2c(C)oc3ccc(OC)cc23)Cc2ccccc21. The molecule has 8 heteroatoms. The Morgan fingerprint density at radius 3 is 2.60 bits per heavy atom. The Kier molecular flexibility index (Phi) is 7.73. The second-order valence-corrected chi connectivity index (χ2v) is 8.89. The van der Waals surface area contributed by atoms with Crippen LogP contribution in [0.3, 0.4) is 0 Å². The average molecular weight is 480 g/mol. The molecule has 0 spiro atoms. The molecule has 0 saturated carbocycles. The van der Waals surface area contributed by atoms with E-state index in [0.717, 1.165) is 36.1 Å². The van der Waals surface area contributed by atoms with Crippen molar-refractivity contribution in [2.75, 3.05) is 59.0 Å². The summed E-state index contributed by atoms with van der Waals surface area (Å²) < 4.78 is 16.4. The first kappa shape index (κ1) is 24.8. The molecule has 4 rings (SSSR count). The number of para-hydroxylation sites is 1. The van der Waals surface area contributed by atoms with Crippen molar-refractivity contribution in [1.29, 1.82) is 0 Å². The number of furan rings is 1. The van der Waals surface area contributed by atoms with Gasteiger partial charge >= 0.3 is 0 Å². The largest absolute Gasteiger partial charge is 0.497 e. The lowest BCUT2D eigenvalue weighted by Crippen LogP contribution is -2.37. The predicted octanol–water partition coefficient (Wildman–Crippen LogP) is 3.71. The van der Waals surface area contributed by atoms with Gasteiger partial charge in [-0.05, 0) is 56.8 Å². The van der Waals surface area contributed by atoms with Gasteiger partial charge in [0, 0.05) is 44.4 Å². The first-order valence-electron chi connectivity index (χ1n) is 11.8. The molecule has 3 aromatic rings. The van der Waals surface area contributed by atoms with E-state index in [4.69, 9.17) is 13.9 Å². The van der Waals surface area contributed by atoms with Crippen molar-refractivity contribution >= 4 is 28.5 Å². The lowest BCUT2D eigenvalue weighted by Gasteiger charge is -2.28. The maximum Gasteiger partial charge on any atom is 0.258 e. The number of aryl methyl sites for hydroxylation is 1. The standard InChI is InChI=1S/C27H33N3O5/c1-19-26(22-16-21(34-4)10-11-24(22)35-19)27(32)29-15-14-28(2)12-7-13-30(25(31)18-33-3)23-9-6-5-8-20(23)17-29/h5-6,8-11,16H,7,12-15,17-18H2,1-4H3. The van der Waals surface area contributed by atoms with Gasteiger partial charge in [0.15, 0.2) is 0 Å². The number of benzene rings is 2. The number of anilines is 1. The number of hydrogen-bond donors (Lipinski definition) is 0. The average Bonchev–Trinajstić information content (AvgIpc) is 3.17. The van der Waals surface area contributed by atoms with Crippen LogP contribution >= 0.6 is 0 Å². The van der Waals surface area contributed by atoms with E-state index >= 15 is 0 Å². The summed E-state index contributed by atoms with van der Waals surface area (Å²) in [6.45, 7) is 4.86. The van der Waals surface area contributed by atoms with Crippen LogP contribution in [0.4, 0.5) is 5.69 Å². The number of amides is 2. The Hall–Kier alpha value is -3.36. The van der Waals surface area contributed by atoms with Gasteiger partial charge in [0.2, 0.25) is 0 Å². The van der Waals surface area contributed by atoms with Gasteiger partial charge in [-0.1, -0.05) is 18.2 Å². The minimum absolute atomic E-state index is 0.00878. The number of nitrogens with zero attached hydrogens (tertiary/aromatic N) is 3. The first-order valence-corrected chi connectivity index (χ1v) is 11.8. The molecule has 2 aromatic carbocycles. The second-order valence-electron chi connectivity index (χ2n) is 8.89. The molecular weight excluding hydrogens is 446 g/mol. The summed E-state index contributed by atoms with van der Waals surface area (Å²) >= 11 is 0. The Balaban J connectivity index is 1.75. The van der Waals surface area contributed by atoms with Crippen LogP contribution in [0.25, 0.3) is 11.0 Å². The minimum Gasteiger partial charge on any atom is -0.497 e. The molecule has 0 bridgehead atoms. The van der Waals surface area contributed by atoms with Gasteiger partial charge in [0.25, 0.3) is 11.8 Å². The highest BCUT2D eigenvalue weighted by Crippen LogP contribution is 2.31. The molecule has 0 atom stereocenters. The van der Waals surface area contributed by atoms with E-state index in [1.54, 1.807) is 12.0 Å². The van der Waals surface area contributed by atoms with Crippen LogP contribution < -0.4 is 9.64 Å². The normalized spacial score (nSPS) is 15.5. The molecule has 0 unspecified atom stereocenters. The smallest absolute Gasteiger partial charge is 0.258 e. The molecular formula is C27H33N3O5. The topological polar surface area (TPSA) is 75.5 Å². The molecule has 0 saturated heterocycles. The molecule has 0 radical (unpaired) electrons. The van der Waals surface area contributed by atoms with Gasteiger partial charge in [-0.3, -0.25) is 9.59 Å². The maximum absolute atomic E-state index is 14.0. The molecule has 0 fully saturated rings. The molecule has 35 heavy (non-hydrogen) atoms. The number of ether oxygens (including phenoxy) is 2. The van der Waals surface area contributed by atoms with E-state index in [1.807, 2.05) is 61.3 Å². The molecule has 8 nitrogen and oxygen atoms in total. The van der Waals surface area contributed by atoms with E-state index < -0.39 is 0 Å². The number of methoxy groups -OCH3 is 2. The summed E-state index contributed by atoms with van der Waals surface area (Å²) in [4.78, 5) is 32.7. The number of rotatable bonds is 4. The Labute approximate surface area is 206 Å². The van der Waals surface area contributed by atoms with E-state index in [2.05, 4.69) is 4.90 Å². The molecule has 1 aliphatic rings. The van der Waals surface area contributed by atoms with Gasteiger partial charge in [-0.25, -0.2) is 0 Å². The van der Waals surface area contributed by atoms with E-state index in [-0.39, 0.29) is 18.4 Å². The fourth-order valence-electron chi connectivity index (χ4n) is 4.60. The van der Waals surface area contributed by atoms with Crippen molar-refractivity contribution in [1.82, 2.24) is 9.80 Å². The highest BCUT2D eigenvalue weighted by Gasteiger charge is 2.27. The monoisotopic (exact) mass is 479 g/mol. The fraction of sp³-hybridized carbons (Fsp3) is 0.407. The zero-order chi connectivity index (χ0) is 24.9. The van der Waals surface area contributed by atoms with E-state index in [0.29, 0.717) is 42.3 Å². The summed E-state index contributed by atoms with van der Waals surface area (Å²) in [6, 6.07) is 13.3. The maximum atomic E-state index is 14.0. The number of fused-ring (bicyclic) bond motifs is 2. The lowest BCUT2D eigenvalue weighted by atomic mass is 10.1. The second kappa shape index (κ2) is 10.9. The molecule has 1 aromatic heterocycles. The van der Waals surface area contributed by atoms with Gasteiger partial charge in [0.05, 0.1) is 12.7 Å². The third-order valence-corrected chi connectivity index (χ3v) is 6.46. The summed E-state index contributed by atoms with van der Waals surface area (Å²) in [5.74, 6) is 1.04. The summed E-state index contributed by atoms with van der Waals surface area (Å²) in [7, 11) is 5.17. The van der Waals surface area contributed by atoms with Crippen LogP contribution in [-0.2, 0) is 16.1 Å². The van der Waals surface area contributed by atoms with Crippen molar-refractivity contribution in [2.45, 2.75) is 19.9 Å². The van der Waals surface area contributed by atoms with Gasteiger partial charge in [-0.15, -0.1) is 0 Å². The molecule has 2 amide bonds. The third-order valence-electron chi connectivity index (χ3n) is 6.46. The lowest BCUT2D eigenvalue weighted by molar-refractivity contribution is -0.122. The first-order chi connectivity index (χ1) is 16.9. The molecule has 0 aliphatic carbocycles. The molecule has 1 aliphatic heterocycles. The van der Waals surface area contributed by atoms with Gasteiger partial charge < -0.3 is 28.6 Å². The van der Waals surface area contributed by atoms with Crippen molar-refractivity contribution in [3.63, 3.8) is 0 Å². The highest BCUT2D eigenvalue weighted by atomic mass is 16.5. The van der Waals surface area contributed by atoms with Crippen molar-refractivity contribution in [3.05, 3.63) is 59.4 Å². The minimum atomic E-state index is -0.105. The predicted molar refractivity (Wildman–Crippen MR) is 135 cm³/mol. The van der Waals surface area contributed by atoms with Crippen molar-refractivity contribution in [3.8, 4) is 5.75 Å². The highest BCUT2D eigenvalue weighted by molar-refractivity contribution is 6.07.